The molecule has 0 spiro atoms. The van der Waals surface area contributed by atoms with E-state index < -0.39 is 9.76 Å². The number of aromatic nitrogens is 2. The van der Waals surface area contributed by atoms with Crippen molar-refractivity contribution in [1.82, 2.24) is 9.55 Å². The van der Waals surface area contributed by atoms with Gasteiger partial charge in [0.25, 0.3) is 9.35 Å². The second-order valence-corrected chi connectivity index (χ2v) is 8.37. The molecule has 0 aliphatic heterocycles. The lowest BCUT2D eigenvalue weighted by Gasteiger charge is -2.15. The summed E-state index contributed by atoms with van der Waals surface area (Å²) in [6.07, 6.45) is 0.338. The molecule has 0 bridgehead atoms. The lowest BCUT2D eigenvalue weighted by atomic mass is 10.2. The number of esters is 1. The summed E-state index contributed by atoms with van der Waals surface area (Å²) < 4.78 is 10.1. The van der Waals surface area contributed by atoms with E-state index in [4.69, 9.17) is 44.3 Å². The van der Waals surface area contributed by atoms with Crippen molar-refractivity contribution >= 4 is 51.7 Å². The largest absolute Gasteiger partial charge is 0.486 e. The number of rotatable bonds is 7. The molecule has 0 N–H and O–H groups in total. The average Bonchev–Trinajstić information content (AvgIpc) is 2.71. The molecule has 29 heavy (non-hydrogen) atoms. The SMILES string of the molecule is O=C(OCCCn1c(COc2ccccc2)nc2ccccc2c1=O)C(Cl)(Cl)Cl. The summed E-state index contributed by atoms with van der Waals surface area (Å²) in [7, 11) is 0. The molecule has 0 saturated heterocycles. The number of fused-ring (bicyclic) bond motifs is 1. The van der Waals surface area contributed by atoms with Crippen LogP contribution in [0.4, 0.5) is 0 Å². The van der Waals surface area contributed by atoms with E-state index in [9.17, 15) is 9.59 Å². The fourth-order valence-electron chi connectivity index (χ4n) is 2.69. The number of para-hydroxylation sites is 2. The van der Waals surface area contributed by atoms with E-state index in [1.807, 2.05) is 36.4 Å². The smallest absolute Gasteiger partial charge is 0.358 e. The van der Waals surface area contributed by atoms with Crippen LogP contribution in [0.15, 0.2) is 59.4 Å². The monoisotopic (exact) mass is 454 g/mol. The average molecular weight is 456 g/mol. The summed E-state index contributed by atoms with van der Waals surface area (Å²) in [6, 6.07) is 16.3. The van der Waals surface area contributed by atoms with E-state index in [0.29, 0.717) is 28.9 Å². The van der Waals surface area contributed by atoms with Gasteiger partial charge in [0.2, 0.25) is 0 Å². The van der Waals surface area contributed by atoms with Crippen LogP contribution in [0, 0.1) is 0 Å². The Morgan fingerprint density at radius 2 is 1.72 bits per heavy atom. The van der Waals surface area contributed by atoms with Gasteiger partial charge in [-0.05, 0) is 30.7 Å². The molecule has 0 radical (unpaired) electrons. The van der Waals surface area contributed by atoms with Crippen molar-refractivity contribution in [3.05, 3.63) is 70.8 Å². The lowest BCUT2D eigenvalue weighted by Crippen LogP contribution is -2.28. The fraction of sp³-hybridized carbons (Fsp3) is 0.250. The van der Waals surface area contributed by atoms with E-state index in [0.717, 1.165) is 0 Å². The third-order valence-corrected chi connectivity index (χ3v) is 4.51. The number of carbonyl (C=O) groups excluding carboxylic acids is 1. The second-order valence-electron chi connectivity index (χ2n) is 6.09. The molecule has 6 nitrogen and oxygen atoms in total. The minimum Gasteiger partial charge on any atom is -0.486 e. The molecular weight excluding hydrogens is 439 g/mol. The van der Waals surface area contributed by atoms with Crippen LogP contribution in [0.1, 0.15) is 12.2 Å². The Balaban J connectivity index is 1.79. The highest BCUT2D eigenvalue weighted by molar-refractivity contribution is 6.75. The Labute approximate surface area is 181 Å². The molecule has 0 aliphatic rings. The molecule has 0 amide bonds. The number of benzene rings is 2. The van der Waals surface area contributed by atoms with E-state index in [1.165, 1.54) is 4.57 Å². The summed E-state index contributed by atoms with van der Waals surface area (Å²) >= 11 is 16.4. The Bertz CT molecular complexity index is 1050. The summed E-state index contributed by atoms with van der Waals surface area (Å²) in [5.74, 6) is 0.169. The zero-order valence-corrected chi connectivity index (χ0v) is 17.5. The number of ether oxygens (including phenoxy) is 2. The summed E-state index contributed by atoms with van der Waals surface area (Å²) in [4.78, 5) is 29.0. The third-order valence-electron chi connectivity index (χ3n) is 4.04. The first-order chi connectivity index (χ1) is 13.9. The number of nitrogens with zero attached hydrogens (tertiary/aromatic N) is 2. The van der Waals surface area contributed by atoms with E-state index in [2.05, 4.69) is 4.98 Å². The predicted octanol–water partition coefficient (Wildman–Crippen LogP) is 4.28. The van der Waals surface area contributed by atoms with Crippen molar-refractivity contribution in [2.24, 2.45) is 0 Å². The van der Waals surface area contributed by atoms with E-state index in [1.54, 1.807) is 18.2 Å². The van der Waals surface area contributed by atoms with Gasteiger partial charge in [-0.2, -0.15) is 0 Å². The van der Waals surface area contributed by atoms with Crippen LogP contribution in [0.5, 0.6) is 5.75 Å². The molecule has 3 rings (SSSR count). The summed E-state index contributed by atoms with van der Waals surface area (Å²) in [6.45, 7) is 0.361. The molecule has 2 aromatic carbocycles. The highest BCUT2D eigenvalue weighted by Gasteiger charge is 2.32. The first-order valence-corrected chi connectivity index (χ1v) is 9.90. The molecule has 0 atom stereocenters. The maximum Gasteiger partial charge on any atom is 0.358 e. The van der Waals surface area contributed by atoms with Gasteiger partial charge in [-0.25, -0.2) is 9.78 Å². The second kappa shape index (κ2) is 9.48. The van der Waals surface area contributed by atoms with Crippen molar-refractivity contribution in [3.63, 3.8) is 0 Å². The normalized spacial score (nSPS) is 11.4. The first-order valence-electron chi connectivity index (χ1n) is 8.76. The van der Waals surface area contributed by atoms with E-state index in [-0.39, 0.29) is 25.3 Å². The molecule has 9 heteroatoms. The van der Waals surface area contributed by atoms with Crippen LogP contribution in [0.3, 0.4) is 0 Å². The highest BCUT2D eigenvalue weighted by atomic mass is 35.6. The van der Waals surface area contributed by atoms with Gasteiger partial charge in [-0.3, -0.25) is 9.36 Å². The molecule has 1 aromatic heterocycles. The summed E-state index contributed by atoms with van der Waals surface area (Å²) in [5.41, 5.74) is 0.387. The zero-order chi connectivity index (χ0) is 20.9. The zero-order valence-electron chi connectivity index (χ0n) is 15.2. The first kappa shape index (κ1) is 21.4. The maximum absolute atomic E-state index is 12.9. The van der Waals surface area contributed by atoms with Crippen LogP contribution in [-0.2, 0) is 22.7 Å². The molecule has 3 aromatic rings. The van der Waals surface area contributed by atoms with Crippen molar-refractivity contribution in [3.8, 4) is 5.75 Å². The quantitative estimate of drug-likeness (QED) is 0.302. The standard InChI is InChI=1S/C20H17Cl3N2O4/c21-20(22,23)19(27)28-12-6-11-25-17(13-29-14-7-2-1-3-8-14)24-16-10-5-4-9-15(16)18(25)26/h1-5,7-10H,6,11-13H2. The number of hydrogen-bond donors (Lipinski definition) is 0. The molecule has 0 saturated carbocycles. The minimum atomic E-state index is -2.13. The van der Waals surface area contributed by atoms with Gasteiger partial charge in [0.05, 0.1) is 17.5 Å². The predicted molar refractivity (Wildman–Crippen MR) is 113 cm³/mol. The van der Waals surface area contributed by atoms with Crippen molar-refractivity contribution < 1.29 is 14.3 Å². The molecule has 0 unspecified atom stereocenters. The maximum atomic E-state index is 12.9. The Morgan fingerprint density at radius 3 is 2.45 bits per heavy atom. The van der Waals surface area contributed by atoms with Crippen molar-refractivity contribution in [1.29, 1.82) is 0 Å². The van der Waals surface area contributed by atoms with Gasteiger partial charge in [-0.1, -0.05) is 65.1 Å². The highest BCUT2D eigenvalue weighted by Crippen LogP contribution is 2.27. The Morgan fingerprint density at radius 1 is 1.03 bits per heavy atom. The van der Waals surface area contributed by atoms with E-state index >= 15 is 0 Å². The summed E-state index contributed by atoms with van der Waals surface area (Å²) in [5, 5.41) is 0.495. The van der Waals surface area contributed by atoms with Crippen LogP contribution in [0.2, 0.25) is 0 Å². The number of alkyl halides is 3. The molecule has 0 aliphatic carbocycles. The van der Waals surface area contributed by atoms with Gasteiger partial charge in [0, 0.05) is 6.54 Å². The van der Waals surface area contributed by atoms with Crippen molar-refractivity contribution in [2.45, 2.75) is 23.4 Å². The Kier molecular flexibility index (Phi) is 7.00. The van der Waals surface area contributed by atoms with Gasteiger partial charge in [0.15, 0.2) is 0 Å². The Hall–Kier alpha value is -2.28. The van der Waals surface area contributed by atoms with Crippen LogP contribution >= 0.6 is 34.8 Å². The van der Waals surface area contributed by atoms with Crippen LogP contribution in [0.25, 0.3) is 10.9 Å². The fourth-order valence-corrected chi connectivity index (χ4v) is 2.85. The molecule has 1 heterocycles. The van der Waals surface area contributed by atoms with Gasteiger partial charge in [-0.15, -0.1) is 0 Å². The number of halogens is 3. The van der Waals surface area contributed by atoms with Gasteiger partial charge >= 0.3 is 5.97 Å². The number of carbonyl (C=O) groups is 1. The van der Waals surface area contributed by atoms with Crippen LogP contribution < -0.4 is 10.3 Å². The molecule has 152 valence electrons. The van der Waals surface area contributed by atoms with Crippen molar-refractivity contribution in [2.75, 3.05) is 6.61 Å². The molecule has 0 fully saturated rings. The van der Waals surface area contributed by atoms with Crippen LogP contribution in [-0.4, -0.2) is 25.9 Å². The van der Waals surface area contributed by atoms with Gasteiger partial charge < -0.3 is 9.47 Å². The topological polar surface area (TPSA) is 70.4 Å². The molecular formula is C20H17Cl3N2O4. The van der Waals surface area contributed by atoms with Gasteiger partial charge in [0.1, 0.15) is 18.2 Å². The number of hydrogen-bond acceptors (Lipinski definition) is 5. The lowest BCUT2D eigenvalue weighted by molar-refractivity contribution is -0.142. The minimum absolute atomic E-state index is 0.00894. The third kappa shape index (κ3) is 5.63.